The predicted molar refractivity (Wildman–Crippen MR) is 119 cm³/mol. The van der Waals surface area contributed by atoms with Gasteiger partial charge in [0.15, 0.2) is 5.79 Å². The number of ether oxygens (including phenoxy) is 3. The molecule has 0 aromatic heterocycles. The van der Waals surface area contributed by atoms with Gasteiger partial charge in [-0.2, -0.15) is 0 Å². The molecule has 0 aliphatic heterocycles. The van der Waals surface area contributed by atoms with Crippen molar-refractivity contribution < 1.29 is 14.2 Å². The normalized spacial score (nSPS) is 12.4. The molecule has 1 atom stereocenters. The van der Waals surface area contributed by atoms with Crippen LogP contribution in [0.1, 0.15) is 104 Å². The number of methoxy groups -OCH3 is 3. The maximum atomic E-state index is 5.91. The van der Waals surface area contributed by atoms with Crippen molar-refractivity contribution in [3.63, 3.8) is 0 Å². The Morgan fingerprint density at radius 3 is 1.78 bits per heavy atom. The first-order valence-electron chi connectivity index (χ1n) is 11.3. The lowest BCUT2D eigenvalue weighted by molar-refractivity contribution is -0.247. The summed E-state index contributed by atoms with van der Waals surface area (Å²) in [7, 11) is 5.40. The average Bonchev–Trinajstić information content (AvgIpc) is 2.71. The lowest BCUT2D eigenvalue weighted by Crippen LogP contribution is -2.42. The molecule has 0 saturated heterocycles. The summed E-state index contributed by atoms with van der Waals surface area (Å²) in [6.07, 6.45) is 17.7. The first-order chi connectivity index (χ1) is 13.1. The van der Waals surface area contributed by atoms with E-state index in [0.717, 1.165) is 38.7 Å². The summed E-state index contributed by atoms with van der Waals surface area (Å²) < 4.78 is 17.1. The highest BCUT2D eigenvalue weighted by Crippen LogP contribution is 2.35. The molecule has 0 bridgehead atoms. The van der Waals surface area contributed by atoms with E-state index < -0.39 is 5.79 Å². The lowest BCUT2D eigenvalue weighted by Gasteiger charge is -2.39. The van der Waals surface area contributed by atoms with Crippen molar-refractivity contribution in [3.8, 4) is 0 Å². The Hall–Kier alpha value is -0.380. The smallest absolute Gasteiger partial charge is 0.170 e. The van der Waals surface area contributed by atoms with Gasteiger partial charge in [-0.15, -0.1) is 6.58 Å². The lowest BCUT2D eigenvalue weighted by atomic mass is 9.85. The summed E-state index contributed by atoms with van der Waals surface area (Å²) in [6, 6.07) is 0. The molecule has 0 spiro atoms. The summed E-state index contributed by atoms with van der Waals surface area (Å²) in [5, 5.41) is 0. The van der Waals surface area contributed by atoms with Crippen molar-refractivity contribution in [2.75, 3.05) is 27.9 Å². The van der Waals surface area contributed by atoms with Gasteiger partial charge in [-0.1, -0.05) is 71.8 Å². The van der Waals surface area contributed by atoms with Crippen LogP contribution in [-0.4, -0.2) is 33.7 Å². The Bertz CT molecular complexity index is 287. The van der Waals surface area contributed by atoms with E-state index in [0.29, 0.717) is 5.92 Å². The molecule has 0 aromatic carbocycles. The molecule has 0 amide bonds. The molecule has 1 unspecified atom stereocenters. The average molecular weight is 387 g/mol. The molecule has 0 radical (unpaired) electrons. The molecule has 0 aliphatic carbocycles. The van der Waals surface area contributed by atoms with Crippen molar-refractivity contribution in [2.45, 2.75) is 110 Å². The summed E-state index contributed by atoms with van der Waals surface area (Å²) >= 11 is 0. The van der Waals surface area contributed by atoms with Gasteiger partial charge in [-0.3, -0.25) is 0 Å². The summed E-state index contributed by atoms with van der Waals surface area (Å²) in [5.74, 6) is 0.0538. The Morgan fingerprint density at radius 1 is 0.778 bits per heavy atom. The van der Waals surface area contributed by atoms with Crippen LogP contribution in [0.3, 0.4) is 0 Å². The second kappa shape index (κ2) is 21.9. The molecule has 3 heteroatoms. The zero-order valence-corrected chi connectivity index (χ0v) is 19.5. The van der Waals surface area contributed by atoms with Crippen molar-refractivity contribution in [2.24, 2.45) is 5.92 Å². The van der Waals surface area contributed by atoms with Gasteiger partial charge in [-0.25, -0.2) is 0 Å². The van der Waals surface area contributed by atoms with Crippen LogP contribution in [0, 0.1) is 5.92 Å². The van der Waals surface area contributed by atoms with Crippen molar-refractivity contribution in [3.05, 3.63) is 12.7 Å². The monoisotopic (exact) mass is 386 g/mol. The first-order valence-corrected chi connectivity index (χ1v) is 11.3. The minimum atomic E-state index is -0.410. The molecule has 3 nitrogen and oxygen atoms in total. The van der Waals surface area contributed by atoms with E-state index in [1.54, 1.807) is 7.11 Å². The SMILES string of the molecule is C=CCC.CCCCCCCCC(CCCOC)C(CCCC)(OC)OC. The van der Waals surface area contributed by atoms with Gasteiger partial charge in [0.2, 0.25) is 0 Å². The molecule has 0 aliphatic rings. The Labute approximate surface area is 171 Å². The van der Waals surface area contributed by atoms with Crippen molar-refractivity contribution >= 4 is 0 Å². The molecule has 0 N–H and O–H groups in total. The highest BCUT2D eigenvalue weighted by Gasteiger charge is 2.37. The number of rotatable bonds is 18. The van der Waals surface area contributed by atoms with E-state index in [9.17, 15) is 0 Å². The standard InChI is InChI=1S/C20H42O3.C4H8/c1-6-8-10-11-12-13-15-19(16-14-18-21-3)20(22-4,23-5)17-9-7-2;1-3-4-2/h19H,6-18H2,1-5H3;3H,1,4H2,2H3. The quantitative estimate of drug-likeness (QED) is 0.138. The third-order valence-corrected chi connectivity index (χ3v) is 5.29. The molecule has 0 rings (SSSR count). The van der Waals surface area contributed by atoms with Crippen LogP contribution in [0.25, 0.3) is 0 Å². The number of allylic oxidation sites excluding steroid dienone is 1. The van der Waals surface area contributed by atoms with Gasteiger partial charge in [-0.05, 0) is 32.1 Å². The van der Waals surface area contributed by atoms with Gasteiger partial charge < -0.3 is 14.2 Å². The highest BCUT2D eigenvalue weighted by atomic mass is 16.7. The maximum Gasteiger partial charge on any atom is 0.170 e. The summed E-state index contributed by atoms with van der Waals surface area (Å²) in [6.45, 7) is 10.9. The topological polar surface area (TPSA) is 27.7 Å². The van der Waals surface area contributed by atoms with Crippen LogP contribution in [-0.2, 0) is 14.2 Å². The van der Waals surface area contributed by atoms with Gasteiger partial charge in [0, 0.05) is 40.3 Å². The fourth-order valence-electron chi connectivity index (χ4n) is 3.48. The van der Waals surface area contributed by atoms with Crippen LogP contribution < -0.4 is 0 Å². The van der Waals surface area contributed by atoms with Crippen LogP contribution >= 0.6 is 0 Å². The number of hydrogen-bond donors (Lipinski definition) is 0. The Kier molecular flexibility index (Phi) is 23.4. The fourth-order valence-corrected chi connectivity index (χ4v) is 3.48. The third kappa shape index (κ3) is 15.2. The first kappa shape index (κ1) is 28.8. The van der Waals surface area contributed by atoms with Gasteiger partial charge >= 0.3 is 0 Å². The second-order valence-electron chi connectivity index (χ2n) is 7.41. The number of hydrogen-bond acceptors (Lipinski definition) is 3. The largest absolute Gasteiger partial charge is 0.385 e. The molecule has 164 valence electrons. The molecule has 0 saturated carbocycles. The van der Waals surface area contributed by atoms with E-state index in [2.05, 4.69) is 27.4 Å². The zero-order valence-electron chi connectivity index (χ0n) is 19.5. The van der Waals surface area contributed by atoms with E-state index in [1.807, 2.05) is 20.3 Å². The van der Waals surface area contributed by atoms with Gasteiger partial charge in [0.1, 0.15) is 0 Å². The van der Waals surface area contributed by atoms with E-state index in [-0.39, 0.29) is 0 Å². The van der Waals surface area contributed by atoms with Gasteiger partial charge in [0.05, 0.1) is 0 Å². The minimum absolute atomic E-state index is 0.410. The minimum Gasteiger partial charge on any atom is -0.385 e. The van der Waals surface area contributed by atoms with Crippen LogP contribution in [0.2, 0.25) is 0 Å². The molecular weight excluding hydrogens is 336 g/mol. The summed E-state index contributed by atoms with van der Waals surface area (Å²) in [5.41, 5.74) is 0. The third-order valence-electron chi connectivity index (χ3n) is 5.29. The molecule has 0 aromatic rings. The Balaban J connectivity index is 0. The van der Waals surface area contributed by atoms with Crippen LogP contribution in [0.5, 0.6) is 0 Å². The second-order valence-corrected chi connectivity index (χ2v) is 7.41. The van der Waals surface area contributed by atoms with Crippen LogP contribution in [0.4, 0.5) is 0 Å². The molecule has 0 heterocycles. The van der Waals surface area contributed by atoms with Crippen LogP contribution in [0.15, 0.2) is 12.7 Å². The maximum absolute atomic E-state index is 5.91. The molecule has 0 fully saturated rings. The predicted octanol–water partition coefficient (Wildman–Crippen LogP) is 7.54. The fraction of sp³-hybridized carbons (Fsp3) is 0.917. The van der Waals surface area contributed by atoms with E-state index in [1.165, 1.54) is 51.4 Å². The molecule has 27 heavy (non-hydrogen) atoms. The highest BCUT2D eigenvalue weighted by molar-refractivity contribution is 4.80. The number of unbranched alkanes of at least 4 members (excludes halogenated alkanes) is 6. The zero-order chi connectivity index (χ0) is 20.8. The van der Waals surface area contributed by atoms with Crippen molar-refractivity contribution in [1.82, 2.24) is 0 Å². The van der Waals surface area contributed by atoms with E-state index >= 15 is 0 Å². The summed E-state index contributed by atoms with van der Waals surface area (Å²) in [4.78, 5) is 0. The molecular formula is C24H50O3. The van der Waals surface area contributed by atoms with E-state index in [4.69, 9.17) is 14.2 Å². The Morgan fingerprint density at radius 2 is 1.30 bits per heavy atom. The van der Waals surface area contributed by atoms with Crippen molar-refractivity contribution in [1.29, 1.82) is 0 Å². The van der Waals surface area contributed by atoms with Gasteiger partial charge in [0.25, 0.3) is 0 Å².